The van der Waals surface area contributed by atoms with Gasteiger partial charge in [0, 0.05) is 18.4 Å². The smallest absolute Gasteiger partial charge is 0.407 e. The molecule has 0 bridgehead atoms. The molecule has 3 unspecified atom stereocenters. The predicted molar refractivity (Wildman–Crippen MR) is 121 cm³/mol. The van der Waals surface area contributed by atoms with Crippen LogP contribution in [0, 0.1) is 5.92 Å². The number of carboxylic acid groups (broad SMARTS) is 1. The molecule has 8 heteroatoms. The summed E-state index contributed by atoms with van der Waals surface area (Å²) in [6.45, 7) is -0.457. The summed E-state index contributed by atoms with van der Waals surface area (Å²) < 4.78 is 5.61. The standard InChI is InChI=1S/C25H28N2O6/c28-13-22(24(30)31)26-23(29)12-15-6-5-11-21(15)27-25(32)33-14-20-18-9-3-1-7-16(18)17-8-2-4-10-19(17)20/h1-4,7-10,15,20-22,28H,5-6,11-14H2,(H,26,29)(H,27,32)(H,30,31). The van der Waals surface area contributed by atoms with Crippen molar-refractivity contribution in [2.24, 2.45) is 5.92 Å². The first kappa shape index (κ1) is 22.8. The fourth-order valence-corrected chi connectivity index (χ4v) is 4.94. The molecule has 8 nitrogen and oxygen atoms in total. The van der Waals surface area contributed by atoms with Crippen LogP contribution in [0.15, 0.2) is 48.5 Å². The molecule has 2 aromatic rings. The van der Waals surface area contributed by atoms with Crippen LogP contribution >= 0.6 is 0 Å². The minimum absolute atomic E-state index is 0.0280. The molecule has 0 aromatic heterocycles. The Morgan fingerprint density at radius 2 is 1.64 bits per heavy atom. The van der Waals surface area contributed by atoms with Gasteiger partial charge in [-0.15, -0.1) is 0 Å². The average molecular weight is 453 g/mol. The zero-order chi connectivity index (χ0) is 23.4. The maximum Gasteiger partial charge on any atom is 0.407 e. The lowest BCUT2D eigenvalue weighted by atomic mass is 9.98. The monoisotopic (exact) mass is 452 g/mol. The number of aliphatic hydroxyl groups excluding tert-OH is 1. The highest BCUT2D eigenvalue weighted by Gasteiger charge is 2.33. The van der Waals surface area contributed by atoms with Crippen molar-refractivity contribution in [1.29, 1.82) is 0 Å². The summed E-state index contributed by atoms with van der Waals surface area (Å²) in [5, 5.41) is 23.3. The summed E-state index contributed by atoms with van der Waals surface area (Å²) >= 11 is 0. The molecule has 1 saturated carbocycles. The van der Waals surface area contributed by atoms with Gasteiger partial charge in [0.15, 0.2) is 0 Å². The third-order valence-corrected chi connectivity index (χ3v) is 6.57. The van der Waals surface area contributed by atoms with E-state index in [1.165, 1.54) is 0 Å². The quantitative estimate of drug-likeness (QED) is 0.488. The Bertz CT molecular complexity index is 994. The normalized spacial score (nSPS) is 19.9. The van der Waals surface area contributed by atoms with E-state index in [1.807, 2.05) is 24.3 Å². The van der Waals surface area contributed by atoms with Gasteiger partial charge in [-0.3, -0.25) is 4.79 Å². The van der Waals surface area contributed by atoms with Crippen molar-refractivity contribution in [3.63, 3.8) is 0 Å². The Morgan fingerprint density at radius 1 is 1.00 bits per heavy atom. The van der Waals surface area contributed by atoms with E-state index in [2.05, 4.69) is 34.9 Å². The fourth-order valence-electron chi connectivity index (χ4n) is 4.94. The Hall–Kier alpha value is -3.39. The predicted octanol–water partition coefficient (Wildman–Crippen LogP) is 2.65. The molecule has 1 fully saturated rings. The van der Waals surface area contributed by atoms with Gasteiger partial charge in [0.25, 0.3) is 0 Å². The van der Waals surface area contributed by atoms with E-state index in [4.69, 9.17) is 14.9 Å². The molecule has 2 aliphatic rings. The number of aliphatic hydroxyl groups is 1. The Balaban J connectivity index is 1.33. The second kappa shape index (κ2) is 10.0. The van der Waals surface area contributed by atoms with Gasteiger partial charge in [-0.1, -0.05) is 55.0 Å². The van der Waals surface area contributed by atoms with E-state index < -0.39 is 30.6 Å². The van der Waals surface area contributed by atoms with Gasteiger partial charge in [0.05, 0.1) is 6.61 Å². The molecule has 174 valence electrons. The van der Waals surface area contributed by atoms with Crippen LogP contribution in [0.3, 0.4) is 0 Å². The maximum atomic E-state index is 12.6. The second-order valence-corrected chi connectivity index (χ2v) is 8.61. The van der Waals surface area contributed by atoms with Gasteiger partial charge in [-0.25, -0.2) is 9.59 Å². The SMILES string of the molecule is O=C(CC1CCCC1NC(=O)OCC1c2ccccc2-c2ccccc21)NC(CO)C(=O)O. The van der Waals surface area contributed by atoms with Crippen molar-refractivity contribution in [3.8, 4) is 11.1 Å². The van der Waals surface area contributed by atoms with Crippen molar-refractivity contribution in [1.82, 2.24) is 10.6 Å². The van der Waals surface area contributed by atoms with Gasteiger partial charge in [0.2, 0.25) is 5.91 Å². The van der Waals surface area contributed by atoms with E-state index >= 15 is 0 Å². The average Bonchev–Trinajstić information content (AvgIpc) is 3.37. The van der Waals surface area contributed by atoms with E-state index in [1.54, 1.807) is 0 Å². The van der Waals surface area contributed by atoms with Crippen LogP contribution in [0.4, 0.5) is 4.79 Å². The molecule has 33 heavy (non-hydrogen) atoms. The molecular formula is C25H28N2O6. The number of benzene rings is 2. The van der Waals surface area contributed by atoms with Crippen molar-refractivity contribution in [2.75, 3.05) is 13.2 Å². The van der Waals surface area contributed by atoms with Crippen LogP contribution in [-0.2, 0) is 14.3 Å². The van der Waals surface area contributed by atoms with Crippen LogP contribution in [0.2, 0.25) is 0 Å². The summed E-state index contributed by atoms with van der Waals surface area (Å²) in [6.07, 6.45) is 1.89. The van der Waals surface area contributed by atoms with Gasteiger partial charge >= 0.3 is 12.1 Å². The summed E-state index contributed by atoms with van der Waals surface area (Å²) in [7, 11) is 0. The number of hydrogen-bond donors (Lipinski definition) is 4. The van der Waals surface area contributed by atoms with Crippen molar-refractivity contribution in [3.05, 3.63) is 59.7 Å². The van der Waals surface area contributed by atoms with E-state index in [9.17, 15) is 14.4 Å². The highest BCUT2D eigenvalue weighted by Crippen LogP contribution is 2.44. The lowest BCUT2D eigenvalue weighted by Crippen LogP contribution is -2.45. The Kier molecular flexibility index (Phi) is 6.93. The number of amides is 2. The molecule has 2 aromatic carbocycles. The number of carbonyl (C=O) groups excluding carboxylic acids is 2. The fraction of sp³-hybridized carbons (Fsp3) is 0.400. The number of carbonyl (C=O) groups is 3. The van der Waals surface area contributed by atoms with Crippen LogP contribution < -0.4 is 10.6 Å². The minimum atomic E-state index is -1.33. The molecule has 4 rings (SSSR count). The van der Waals surface area contributed by atoms with Crippen molar-refractivity contribution >= 4 is 18.0 Å². The van der Waals surface area contributed by atoms with E-state index in [0.717, 1.165) is 41.5 Å². The summed E-state index contributed by atoms with van der Waals surface area (Å²) in [4.78, 5) is 35.8. The van der Waals surface area contributed by atoms with Gasteiger partial charge < -0.3 is 25.6 Å². The minimum Gasteiger partial charge on any atom is -0.480 e. The van der Waals surface area contributed by atoms with Crippen LogP contribution in [0.5, 0.6) is 0 Å². The van der Waals surface area contributed by atoms with Crippen LogP contribution in [0.25, 0.3) is 11.1 Å². The van der Waals surface area contributed by atoms with Crippen molar-refractivity contribution in [2.45, 2.75) is 43.7 Å². The lowest BCUT2D eigenvalue weighted by molar-refractivity contribution is -0.143. The van der Waals surface area contributed by atoms with Crippen LogP contribution in [-0.4, -0.2) is 53.5 Å². The first-order chi connectivity index (χ1) is 16.0. The first-order valence-electron chi connectivity index (χ1n) is 11.2. The molecule has 0 radical (unpaired) electrons. The number of fused-ring (bicyclic) bond motifs is 3. The third kappa shape index (κ3) is 5.01. The number of hydrogen-bond acceptors (Lipinski definition) is 5. The van der Waals surface area contributed by atoms with Gasteiger partial charge in [-0.2, -0.15) is 0 Å². The number of ether oxygens (including phenoxy) is 1. The summed E-state index contributed by atoms with van der Waals surface area (Å²) in [5.74, 6) is -1.88. The lowest BCUT2D eigenvalue weighted by Gasteiger charge is -2.22. The molecule has 0 saturated heterocycles. The molecule has 3 atom stereocenters. The number of aliphatic carboxylic acids is 1. The zero-order valence-electron chi connectivity index (χ0n) is 18.2. The Labute approximate surface area is 192 Å². The van der Waals surface area contributed by atoms with E-state index in [-0.39, 0.29) is 30.9 Å². The highest BCUT2D eigenvalue weighted by molar-refractivity contribution is 5.84. The number of nitrogens with one attached hydrogen (secondary N) is 2. The van der Waals surface area contributed by atoms with E-state index in [0.29, 0.717) is 0 Å². The Morgan fingerprint density at radius 3 is 2.24 bits per heavy atom. The largest absolute Gasteiger partial charge is 0.480 e. The summed E-state index contributed by atoms with van der Waals surface area (Å²) in [6, 6.07) is 14.7. The number of rotatable bonds is 8. The molecule has 0 aliphatic heterocycles. The second-order valence-electron chi connectivity index (χ2n) is 8.61. The molecule has 0 spiro atoms. The van der Waals surface area contributed by atoms with Gasteiger partial charge in [-0.05, 0) is 41.0 Å². The molecular weight excluding hydrogens is 424 g/mol. The summed E-state index contributed by atoms with van der Waals surface area (Å²) in [5.41, 5.74) is 4.59. The van der Waals surface area contributed by atoms with Gasteiger partial charge in [0.1, 0.15) is 12.6 Å². The molecule has 2 amide bonds. The zero-order valence-corrected chi connectivity index (χ0v) is 18.2. The molecule has 2 aliphatic carbocycles. The molecule has 4 N–H and O–H groups in total. The van der Waals surface area contributed by atoms with Crippen molar-refractivity contribution < 1.29 is 29.3 Å². The number of carboxylic acids is 1. The third-order valence-electron chi connectivity index (χ3n) is 6.57. The maximum absolute atomic E-state index is 12.6. The highest BCUT2D eigenvalue weighted by atomic mass is 16.5. The topological polar surface area (TPSA) is 125 Å². The number of alkyl carbamates (subject to hydrolysis) is 1. The van der Waals surface area contributed by atoms with Crippen LogP contribution in [0.1, 0.15) is 42.7 Å². The first-order valence-corrected chi connectivity index (χ1v) is 11.2. The molecule has 0 heterocycles.